The number of rotatable bonds is 3. The van der Waals surface area contributed by atoms with Crippen LogP contribution in [0.1, 0.15) is 31.0 Å². The first-order valence-electron chi connectivity index (χ1n) is 9.34. The molecule has 0 fully saturated rings. The summed E-state index contributed by atoms with van der Waals surface area (Å²) in [5, 5.41) is 10.9. The van der Waals surface area contributed by atoms with Gasteiger partial charge in [-0.15, -0.1) is 0 Å². The van der Waals surface area contributed by atoms with Gasteiger partial charge >= 0.3 is 5.69 Å². The van der Waals surface area contributed by atoms with E-state index in [1.807, 2.05) is 26.8 Å². The molecule has 2 aromatic carbocycles. The van der Waals surface area contributed by atoms with Crippen LogP contribution in [0.15, 0.2) is 59.7 Å². The number of hydrogen-bond donors (Lipinski definition) is 1. The zero-order valence-corrected chi connectivity index (χ0v) is 16.3. The van der Waals surface area contributed by atoms with Crippen LogP contribution in [0.4, 0.5) is 4.39 Å². The molecule has 0 aliphatic heterocycles. The van der Waals surface area contributed by atoms with Crippen molar-refractivity contribution in [3.8, 4) is 22.6 Å². The SMILES string of the molecule is Cc1ccnc(C(C)C)c1-n1c(=O)ncc2ccc(-c3c(O)cccc3F)cc21. The topological polar surface area (TPSA) is 68.0 Å². The number of aryl methyl sites for hydroxylation is 1. The predicted molar refractivity (Wildman–Crippen MR) is 111 cm³/mol. The lowest BCUT2D eigenvalue weighted by atomic mass is 10.0. The Morgan fingerprint density at radius 3 is 2.62 bits per heavy atom. The molecule has 29 heavy (non-hydrogen) atoms. The molecule has 0 spiro atoms. The van der Waals surface area contributed by atoms with Crippen molar-refractivity contribution >= 4 is 10.9 Å². The van der Waals surface area contributed by atoms with Crippen molar-refractivity contribution in [1.82, 2.24) is 14.5 Å². The maximum absolute atomic E-state index is 14.4. The van der Waals surface area contributed by atoms with Gasteiger partial charge in [0, 0.05) is 17.8 Å². The van der Waals surface area contributed by atoms with E-state index in [1.54, 1.807) is 24.4 Å². The molecule has 6 heteroatoms. The average molecular weight is 389 g/mol. The number of aromatic nitrogens is 3. The average Bonchev–Trinajstić information content (AvgIpc) is 2.68. The number of fused-ring (bicyclic) bond motifs is 1. The van der Waals surface area contributed by atoms with Gasteiger partial charge in [-0.05, 0) is 48.2 Å². The van der Waals surface area contributed by atoms with Crippen molar-refractivity contribution in [2.24, 2.45) is 0 Å². The van der Waals surface area contributed by atoms with Crippen LogP contribution in [-0.4, -0.2) is 19.6 Å². The lowest BCUT2D eigenvalue weighted by Gasteiger charge is -2.18. The Kier molecular flexibility index (Phi) is 4.62. The van der Waals surface area contributed by atoms with Gasteiger partial charge in [0.15, 0.2) is 0 Å². The van der Waals surface area contributed by atoms with E-state index >= 15 is 0 Å². The summed E-state index contributed by atoms with van der Waals surface area (Å²) in [6.45, 7) is 5.94. The van der Waals surface area contributed by atoms with Gasteiger partial charge in [-0.1, -0.05) is 32.0 Å². The number of phenols is 1. The van der Waals surface area contributed by atoms with Crippen molar-refractivity contribution in [3.63, 3.8) is 0 Å². The Labute approximate surface area is 167 Å². The van der Waals surface area contributed by atoms with Gasteiger partial charge in [-0.2, -0.15) is 0 Å². The molecule has 4 aromatic rings. The highest BCUT2D eigenvalue weighted by Gasteiger charge is 2.18. The summed E-state index contributed by atoms with van der Waals surface area (Å²) in [5.41, 5.74) is 3.05. The first-order valence-corrected chi connectivity index (χ1v) is 9.34. The molecule has 0 atom stereocenters. The molecule has 0 aliphatic carbocycles. The number of pyridine rings is 1. The van der Waals surface area contributed by atoms with Gasteiger partial charge in [0.1, 0.15) is 11.6 Å². The summed E-state index contributed by atoms with van der Waals surface area (Å²) in [6.07, 6.45) is 3.22. The van der Waals surface area contributed by atoms with Gasteiger partial charge in [0.05, 0.1) is 22.5 Å². The van der Waals surface area contributed by atoms with Gasteiger partial charge in [-0.3, -0.25) is 9.55 Å². The minimum atomic E-state index is -0.535. The first-order chi connectivity index (χ1) is 13.9. The van der Waals surface area contributed by atoms with Crippen molar-refractivity contribution in [2.45, 2.75) is 26.7 Å². The van der Waals surface area contributed by atoms with Gasteiger partial charge in [0.25, 0.3) is 0 Å². The number of hydrogen-bond acceptors (Lipinski definition) is 4. The first kappa shape index (κ1) is 18.8. The van der Waals surface area contributed by atoms with Crippen LogP contribution in [0.3, 0.4) is 0 Å². The number of nitrogens with zero attached hydrogens (tertiary/aromatic N) is 3. The molecule has 0 saturated heterocycles. The third-order valence-electron chi connectivity index (χ3n) is 4.98. The monoisotopic (exact) mass is 389 g/mol. The second-order valence-corrected chi connectivity index (χ2v) is 7.30. The third kappa shape index (κ3) is 3.16. The summed E-state index contributed by atoms with van der Waals surface area (Å²) in [4.78, 5) is 21.3. The largest absolute Gasteiger partial charge is 0.507 e. The summed E-state index contributed by atoms with van der Waals surface area (Å²) >= 11 is 0. The van der Waals surface area contributed by atoms with E-state index in [0.29, 0.717) is 16.8 Å². The second-order valence-electron chi connectivity index (χ2n) is 7.30. The van der Waals surface area contributed by atoms with Gasteiger partial charge in [0.2, 0.25) is 0 Å². The normalized spacial score (nSPS) is 11.3. The highest BCUT2D eigenvalue weighted by molar-refractivity contribution is 5.86. The Morgan fingerprint density at radius 1 is 1.10 bits per heavy atom. The fourth-order valence-electron chi connectivity index (χ4n) is 3.59. The second kappa shape index (κ2) is 7.13. The maximum Gasteiger partial charge on any atom is 0.352 e. The summed E-state index contributed by atoms with van der Waals surface area (Å²) in [6, 6.07) is 11.2. The van der Waals surface area contributed by atoms with Gasteiger partial charge in [-0.25, -0.2) is 14.2 Å². The van der Waals surface area contributed by atoms with E-state index in [2.05, 4.69) is 9.97 Å². The Morgan fingerprint density at radius 2 is 1.90 bits per heavy atom. The molecular weight excluding hydrogens is 369 g/mol. The Balaban J connectivity index is 2.10. The van der Waals surface area contributed by atoms with Crippen LogP contribution < -0.4 is 5.69 Å². The molecule has 0 unspecified atom stereocenters. The molecule has 0 saturated carbocycles. The molecule has 0 radical (unpaired) electrons. The molecule has 4 rings (SSSR count). The molecule has 0 bridgehead atoms. The third-order valence-corrected chi connectivity index (χ3v) is 4.98. The highest BCUT2D eigenvalue weighted by Crippen LogP contribution is 2.34. The molecule has 2 aromatic heterocycles. The minimum Gasteiger partial charge on any atom is -0.507 e. The quantitative estimate of drug-likeness (QED) is 0.550. The summed E-state index contributed by atoms with van der Waals surface area (Å²) in [7, 11) is 0. The molecule has 0 amide bonds. The summed E-state index contributed by atoms with van der Waals surface area (Å²) in [5.74, 6) is -0.605. The molecule has 5 nitrogen and oxygen atoms in total. The standard InChI is InChI=1S/C23H20FN3O2/c1-13(2)21-22(14(3)9-10-25-21)27-18-11-15(7-8-16(18)12-26-23(27)29)20-17(24)5-4-6-19(20)28/h4-13,28H,1-3H3. The fourth-order valence-corrected chi connectivity index (χ4v) is 3.59. The van der Waals surface area contributed by atoms with Crippen LogP contribution in [0.25, 0.3) is 27.7 Å². The zero-order valence-electron chi connectivity index (χ0n) is 16.3. The van der Waals surface area contributed by atoms with Crippen molar-refractivity contribution in [1.29, 1.82) is 0 Å². The summed E-state index contributed by atoms with van der Waals surface area (Å²) < 4.78 is 15.9. The van der Waals surface area contributed by atoms with Crippen LogP contribution in [0.5, 0.6) is 5.75 Å². The smallest absolute Gasteiger partial charge is 0.352 e. The molecule has 0 aliphatic rings. The number of benzene rings is 2. The molecule has 146 valence electrons. The van der Waals surface area contributed by atoms with Crippen LogP contribution in [-0.2, 0) is 0 Å². The number of aromatic hydroxyl groups is 1. The van der Waals surface area contributed by atoms with Gasteiger partial charge < -0.3 is 5.11 Å². The highest BCUT2D eigenvalue weighted by atomic mass is 19.1. The lowest BCUT2D eigenvalue weighted by molar-refractivity contribution is 0.472. The zero-order chi connectivity index (χ0) is 20.7. The van der Waals surface area contributed by atoms with Crippen LogP contribution >= 0.6 is 0 Å². The fraction of sp³-hybridized carbons (Fsp3) is 0.174. The van der Waals surface area contributed by atoms with E-state index in [0.717, 1.165) is 16.6 Å². The van der Waals surface area contributed by atoms with E-state index in [9.17, 15) is 14.3 Å². The predicted octanol–water partition coefficient (Wildman–Crippen LogP) is 4.72. The Hall–Kier alpha value is -3.54. The number of phenolic OH excluding ortho intramolecular Hbond substituents is 1. The Bertz CT molecular complexity index is 1280. The van der Waals surface area contributed by atoms with E-state index < -0.39 is 11.5 Å². The van der Waals surface area contributed by atoms with Crippen LogP contribution in [0, 0.1) is 12.7 Å². The van der Waals surface area contributed by atoms with Crippen LogP contribution in [0.2, 0.25) is 0 Å². The van der Waals surface area contributed by atoms with Crippen molar-refractivity contribution < 1.29 is 9.50 Å². The van der Waals surface area contributed by atoms with E-state index in [1.165, 1.54) is 29.0 Å². The van der Waals surface area contributed by atoms with E-state index in [4.69, 9.17) is 0 Å². The van der Waals surface area contributed by atoms with E-state index in [-0.39, 0.29) is 17.2 Å². The maximum atomic E-state index is 14.4. The lowest BCUT2D eigenvalue weighted by Crippen LogP contribution is -2.24. The van der Waals surface area contributed by atoms with Crippen molar-refractivity contribution in [3.05, 3.63) is 82.4 Å². The number of halogens is 1. The minimum absolute atomic E-state index is 0.0888. The molecule has 2 heterocycles. The molecule has 1 N–H and O–H groups in total. The van der Waals surface area contributed by atoms with Crippen molar-refractivity contribution in [2.75, 3.05) is 0 Å². The molecular formula is C23H20FN3O2.